The van der Waals surface area contributed by atoms with E-state index in [1.807, 2.05) is 36.0 Å². The monoisotopic (exact) mass is 397 g/mol. The zero-order valence-electron chi connectivity index (χ0n) is 16.2. The highest BCUT2D eigenvalue weighted by Crippen LogP contribution is 2.35. The topological polar surface area (TPSA) is 98.7 Å². The Morgan fingerprint density at radius 1 is 1.21 bits per heavy atom. The van der Waals surface area contributed by atoms with Crippen molar-refractivity contribution in [2.75, 3.05) is 19.9 Å². The third-order valence-corrected chi connectivity index (χ3v) is 5.66. The Morgan fingerprint density at radius 3 is 2.83 bits per heavy atom. The summed E-state index contributed by atoms with van der Waals surface area (Å²) in [6.45, 7) is 2.58. The van der Waals surface area contributed by atoms with E-state index in [1.54, 1.807) is 6.20 Å². The van der Waals surface area contributed by atoms with Crippen molar-refractivity contribution < 1.29 is 19.1 Å². The molecule has 0 bridgehead atoms. The first-order valence-electron chi connectivity index (χ1n) is 9.77. The van der Waals surface area contributed by atoms with Gasteiger partial charge in [-0.15, -0.1) is 0 Å². The smallest absolute Gasteiger partial charge is 0.241 e. The summed E-state index contributed by atoms with van der Waals surface area (Å²) in [6, 6.07) is 5.61. The number of aliphatic hydroxyl groups is 1. The van der Waals surface area contributed by atoms with E-state index >= 15 is 0 Å². The Bertz CT molecular complexity index is 992. The average molecular weight is 397 g/mol. The van der Waals surface area contributed by atoms with Gasteiger partial charge in [-0.05, 0) is 50.0 Å². The SMILES string of the molecule is Cn1ccnc1[C@H](O)C1CCN(Cc2nc(-c3ccc4c(c3)OCO4)no2)CC1. The fraction of sp³-hybridized carbons (Fsp3) is 0.450. The van der Waals surface area contributed by atoms with Crippen LogP contribution in [0.1, 0.15) is 30.7 Å². The maximum atomic E-state index is 10.6. The van der Waals surface area contributed by atoms with Gasteiger partial charge in [0.2, 0.25) is 18.5 Å². The molecular weight excluding hydrogens is 374 g/mol. The van der Waals surface area contributed by atoms with Crippen LogP contribution in [-0.2, 0) is 13.6 Å². The Balaban J connectivity index is 1.19. The molecule has 2 aliphatic rings. The molecule has 4 heterocycles. The van der Waals surface area contributed by atoms with Gasteiger partial charge in [0, 0.05) is 25.0 Å². The lowest BCUT2D eigenvalue weighted by atomic mass is 9.91. The number of nitrogens with zero attached hydrogens (tertiary/aromatic N) is 5. The lowest BCUT2D eigenvalue weighted by molar-refractivity contribution is 0.0466. The molecule has 2 aromatic heterocycles. The fourth-order valence-electron chi connectivity index (χ4n) is 3.96. The second kappa shape index (κ2) is 7.49. The summed E-state index contributed by atoms with van der Waals surface area (Å²) < 4.78 is 18.1. The number of fused-ring (bicyclic) bond motifs is 1. The van der Waals surface area contributed by atoms with Crippen molar-refractivity contribution in [2.24, 2.45) is 13.0 Å². The van der Waals surface area contributed by atoms with Gasteiger partial charge in [-0.1, -0.05) is 5.16 Å². The zero-order chi connectivity index (χ0) is 19.8. The third kappa shape index (κ3) is 3.58. The van der Waals surface area contributed by atoms with E-state index in [9.17, 15) is 5.11 Å². The van der Waals surface area contributed by atoms with Gasteiger partial charge in [-0.25, -0.2) is 4.98 Å². The van der Waals surface area contributed by atoms with Crippen molar-refractivity contribution in [3.8, 4) is 22.9 Å². The minimum atomic E-state index is -0.529. The van der Waals surface area contributed by atoms with Crippen LogP contribution in [0.3, 0.4) is 0 Å². The van der Waals surface area contributed by atoms with E-state index in [2.05, 4.69) is 20.0 Å². The fourth-order valence-corrected chi connectivity index (χ4v) is 3.96. The van der Waals surface area contributed by atoms with Crippen molar-refractivity contribution >= 4 is 0 Å². The van der Waals surface area contributed by atoms with Crippen molar-refractivity contribution in [3.05, 3.63) is 42.3 Å². The maximum absolute atomic E-state index is 10.6. The molecule has 0 amide bonds. The number of ether oxygens (including phenoxy) is 2. The van der Waals surface area contributed by atoms with Crippen LogP contribution in [-0.4, -0.2) is 49.6 Å². The minimum Gasteiger partial charge on any atom is -0.454 e. The molecule has 2 aliphatic heterocycles. The van der Waals surface area contributed by atoms with Gasteiger partial charge in [0.15, 0.2) is 11.5 Å². The standard InChI is InChI=1S/C20H23N5O4/c1-24-9-6-21-20(24)18(26)13-4-7-25(8-5-13)11-17-22-19(23-29-17)14-2-3-15-16(10-14)28-12-27-15/h2-3,6,9-10,13,18,26H,4-5,7-8,11-12H2,1H3/t18-/m1/s1. The molecule has 1 fully saturated rings. The number of rotatable bonds is 5. The molecule has 0 radical (unpaired) electrons. The number of benzene rings is 1. The number of piperidine rings is 1. The highest BCUT2D eigenvalue weighted by atomic mass is 16.7. The van der Waals surface area contributed by atoms with Crippen molar-refractivity contribution in [2.45, 2.75) is 25.5 Å². The molecule has 3 aromatic rings. The van der Waals surface area contributed by atoms with Crippen molar-refractivity contribution in [1.82, 2.24) is 24.6 Å². The Hall–Kier alpha value is -2.91. The molecule has 1 saturated heterocycles. The summed E-state index contributed by atoms with van der Waals surface area (Å²) in [4.78, 5) is 11.1. The summed E-state index contributed by atoms with van der Waals surface area (Å²) in [5, 5.41) is 14.7. The summed E-state index contributed by atoms with van der Waals surface area (Å²) in [6.07, 6.45) is 4.86. The lowest BCUT2D eigenvalue weighted by Crippen LogP contribution is -2.35. The quantitative estimate of drug-likeness (QED) is 0.699. The Kier molecular flexibility index (Phi) is 4.69. The number of aromatic nitrogens is 4. The van der Waals surface area contributed by atoms with Crippen LogP contribution in [0.25, 0.3) is 11.4 Å². The van der Waals surface area contributed by atoms with Gasteiger partial charge in [0.25, 0.3) is 0 Å². The van der Waals surface area contributed by atoms with Crippen LogP contribution >= 0.6 is 0 Å². The Morgan fingerprint density at radius 2 is 2.03 bits per heavy atom. The second-order valence-electron chi connectivity index (χ2n) is 7.53. The molecule has 29 heavy (non-hydrogen) atoms. The van der Waals surface area contributed by atoms with Gasteiger partial charge in [0.1, 0.15) is 11.9 Å². The summed E-state index contributed by atoms with van der Waals surface area (Å²) >= 11 is 0. The van der Waals surface area contributed by atoms with Crippen LogP contribution < -0.4 is 9.47 Å². The van der Waals surface area contributed by atoms with Gasteiger partial charge in [0.05, 0.1) is 6.54 Å². The lowest BCUT2D eigenvalue weighted by Gasteiger charge is -2.33. The average Bonchev–Trinajstić information content (AvgIpc) is 3.48. The molecule has 0 aliphatic carbocycles. The molecule has 1 atom stereocenters. The van der Waals surface area contributed by atoms with E-state index in [1.165, 1.54) is 0 Å². The highest BCUT2D eigenvalue weighted by molar-refractivity contribution is 5.61. The summed E-state index contributed by atoms with van der Waals surface area (Å²) in [5.41, 5.74) is 0.834. The molecule has 0 saturated carbocycles. The third-order valence-electron chi connectivity index (χ3n) is 5.66. The summed E-state index contributed by atoms with van der Waals surface area (Å²) in [7, 11) is 1.91. The molecule has 0 unspecified atom stereocenters. The van der Waals surface area contributed by atoms with E-state index in [0.717, 1.165) is 43.1 Å². The minimum absolute atomic E-state index is 0.208. The molecule has 5 rings (SSSR count). The van der Waals surface area contributed by atoms with E-state index in [0.29, 0.717) is 24.0 Å². The van der Waals surface area contributed by atoms with Crippen molar-refractivity contribution in [1.29, 1.82) is 0 Å². The van der Waals surface area contributed by atoms with Crippen LogP contribution in [0.15, 0.2) is 35.1 Å². The Labute approximate surface area is 167 Å². The van der Waals surface area contributed by atoms with Gasteiger partial charge in [-0.2, -0.15) is 4.98 Å². The van der Waals surface area contributed by atoms with Crippen molar-refractivity contribution in [3.63, 3.8) is 0 Å². The second-order valence-corrected chi connectivity index (χ2v) is 7.53. The van der Waals surface area contributed by atoms with Gasteiger partial charge in [-0.3, -0.25) is 4.90 Å². The molecular formula is C20H23N5O4. The summed E-state index contributed by atoms with van der Waals surface area (Å²) in [5.74, 6) is 3.49. The van der Waals surface area contributed by atoms with Gasteiger partial charge >= 0.3 is 0 Å². The van der Waals surface area contributed by atoms with Crippen LogP contribution in [0.5, 0.6) is 11.5 Å². The van der Waals surface area contributed by atoms with Crippen LogP contribution in [0.4, 0.5) is 0 Å². The van der Waals surface area contributed by atoms with Gasteiger partial charge < -0.3 is 23.7 Å². The molecule has 9 heteroatoms. The highest BCUT2D eigenvalue weighted by Gasteiger charge is 2.29. The van der Waals surface area contributed by atoms with E-state index in [4.69, 9.17) is 14.0 Å². The van der Waals surface area contributed by atoms with E-state index < -0.39 is 6.10 Å². The van der Waals surface area contributed by atoms with Crippen LogP contribution in [0, 0.1) is 5.92 Å². The molecule has 0 spiro atoms. The zero-order valence-corrected chi connectivity index (χ0v) is 16.2. The number of aliphatic hydroxyl groups excluding tert-OH is 1. The van der Waals surface area contributed by atoms with Crippen LogP contribution in [0.2, 0.25) is 0 Å². The molecule has 9 nitrogen and oxygen atoms in total. The molecule has 1 N–H and O–H groups in total. The van der Waals surface area contributed by atoms with E-state index in [-0.39, 0.29) is 12.7 Å². The number of likely N-dealkylation sites (tertiary alicyclic amines) is 1. The molecule has 1 aromatic carbocycles. The predicted molar refractivity (Wildman–Crippen MR) is 102 cm³/mol. The first kappa shape index (κ1) is 18.1. The first-order chi connectivity index (χ1) is 14.2. The normalized spacial score (nSPS) is 18.3. The number of imidazole rings is 1. The number of hydrogen-bond acceptors (Lipinski definition) is 8. The largest absolute Gasteiger partial charge is 0.454 e. The maximum Gasteiger partial charge on any atom is 0.241 e. The molecule has 152 valence electrons. The number of aryl methyl sites for hydroxylation is 1. The predicted octanol–water partition coefficient (Wildman–Crippen LogP) is 2.14. The first-order valence-corrected chi connectivity index (χ1v) is 9.77. The number of hydrogen-bond donors (Lipinski definition) is 1.